The van der Waals surface area contributed by atoms with Crippen molar-refractivity contribution in [2.24, 2.45) is 0 Å². The van der Waals surface area contributed by atoms with Crippen molar-refractivity contribution in [2.75, 3.05) is 12.4 Å². The summed E-state index contributed by atoms with van der Waals surface area (Å²) in [7, 11) is 1.57. The zero-order chi connectivity index (χ0) is 22.7. The Morgan fingerprint density at radius 2 is 2.00 bits per heavy atom. The largest absolute Gasteiger partial charge is 0.493 e. The highest BCUT2D eigenvalue weighted by Gasteiger charge is 2.28. The van der Waals surface area contributed by atoms with Gasteiger partial charge in [0.15, 0.2) is 11.5 Å². The Bertz CT molecular complexity index is 1140. The summed E-state index contributed by atoms with van der Waals surface area (Å²) >= 11 is 0. The molecule has 166 valence electrons. The van der Waals surface area contributed by atoms with E-state index in [0.717, 1.165) is 16.7 Å². The zero-order valence-corrected chi connectivity index (χ0v) is 18.2. The molecule has 0 spiro atoms. The molecule has 1 aliphatic heterocycles. The van der Waals surface area contributed by atoms with Crippen molar-refractivity contribution in [3.05, 3.63) is 70.9 Å². The number of anilines is 1. The number of hydrogen-bond acceptors (Lipinski definition) is 6. The highest BCUT2D eigenvalue weighted by molar-refractivity contribution is 5.94. The predicted octanol–water partition coefficient (Wildman–Crippen LogP) is 4.04. The Morgan fingerprint density at radius 1 is 1.19 bits per heavy atom. The van der Waals surface area contributed by atoms with Crippen LogP contribution in [0.2, 0.25) is 0 Å². The third-order valence-electron chi connectivity index (χ3n) is 5.25. The van der Waals surface area contributed by atoms with Gasteiger partial charge < -0.3 is 19.5 Å². The number of aromatic amines is 1. The van der Waals surface area contributed by atoms with E-state index in [9.17, 15) is 9.59 Å². The highest BCUT2D eigenvalue weighted by Crippen LogP contribution is 2.39. The molecule has 2 heterocycles. The molecule has 1 atom stereocenters. The summed E-state index contributed by atoms with van der Waals surface area (Å²) in [6, 6.07) is 12.8. The van der Waals surface area contributed by atoms with E-state index in [1.807, 2.05) is 44.2 Å². The minimum absolute atomic E-state index is 0.0732. The van der Waals surface area contributed by atoms with Crippen LogP contribution in [0.25, 0.3) is 0 Å². The molecule has 32 heavy (non-hydrogen) atoms. The van der Waals surface area contributed by atoms with Crippen LogP contribution in [0.1, 0.15) is 53.2 Å². The summed E-state index contributed by atoms with van der Waals surface area (Å²) in [6.45, 7) is 3.80. The van der Waals surface area contributed by atoms with E-state index >= 15 is 0 Å². The van der Waals surface area contributed by atoms with Crippen molar-refractivity contribution in [1.29, 1.82) is 0 Å². The molecular formula is C24H25N3O5. The lowest BCUT2D eigenvalue weighted by Gasteiger charge is -2.23. The Labute approximate surface area is 185 Å². The summed E-state index contributed by atoms with van der Waals surface area (Å²) < 4.78 is 16.9. The SMILES string of the molecule is COc1cc(C2CC(=O)Nc3[nH]ncc32)ccc1OCc1ccccc1C(=O)OC(C)C. The Balaban J connectivity index is 1.55. The molecule has 1 unspecified atom stereocenters. The summed E-state index contributed by atoms with van der Waals surface area (Å²) in [6.07, 6.45) is 1.84. The number of H-pyrrole nitrogens is 1. The van der Waals surface area contributed by atoms with E-state index in [1.165, 1.54) is 0 Å². The van der Waals surface area contributed by atoms with Crippen LogP contribution in [0.3, 0.4) is 0 Å². The van der Waals surface area contributed by atoms with Crippen LogP contribution in [0.5, 0.6) is 11.5 Å². The number of esters is 1. The molecule has 3 aromatic rings. The quantitative estimate of drug-likeness (QED) is 0.543. The van der Waals surface area contributed by atoms with Gasteiger partial charge in [-0.2, -0.15) is 5.10 Å². The van der Waals surface area contributed by atoms with Gasteiger partial charge in [0.2, 0.25) is 5.91 Å². The fourth-order valence-electron chi connectivity index (χ4n) is 3.74. The number of fused-ring (bicyclic) bond motifs is 1. The van der Waals surface area contributed by atoms with E-state index < -0.39 is 0 Å². The molecule has 1 amide bonds. The second kappa shape index (κ2) is 9.13. The summed E-state index contributed by atoms with van der Waals surface area (Å²) in [5.41, 5.74) is 3.04. The Kier molecular flexibility index (Phi) is 6.11. The van der Waals surface area contributed by atoms with Crippen molar-refractivity contribution in [3.63, 3.8) is 0 Å². The molecule has 8 nitrogen and oxygen atoms in total. The van der Waals surface area contributed by atoms with E-state index in [2.05, 4.69) is 15.5 Å². The number of amides is 1. The van der Waals surface area contributed by atoms with Crippen LogP contribution in [-0.2, 0) is 16.1 Å². The zero-order valence-electron chi connectivity index (χ0n) is 18.2. The smallest absolute Gasteiger partial charge is 0.338 e. The minimum Gasteiger partial charge on any atom is -0.493 e. The average Bonchev–Trinajstić information content (AvgIpc) is 3.25. The normalized spacial score (nSPS) is 15.1. The molecule has 0 aliphatic carbocycles. The molecule has 0 saturated carbocycles. The highest BCUT2D eigenvalue weighted by atomic mass is 16.5. The van der Waals surface area contributed by atoms with Gasteiger partial charge in [-0.1, -0.05) is 24.3 Å². The van der Waals surface area contributed by atoms with Gasteiger partial charge in [0.05, 0.1) is 25.0 Å². The Morgan fingerprint density at radius 3 is 2.78 bits per heavy atom. The number of methoxy groups -OCH3 is 1. The number of rotatable bonds is 7. The second-order valence-electron chi connectivity index (χ2n) is 7.82. The van der Waals surface area contributed by atoms with Gasteiger partial charge in [-0.15, -0.1) is 0 Å². The van der Waals surface area contributed by atoms with Gasteiger partial charge in [0.1, 0.15) is 12.4 Å². The fourth-order valence-corrected chi connectivity index (χ4v) is 3.74. The fraction of sp³-hybridized carbons (Fsp3) is 0.292. The summed E-state index contributed by atoms with van der Waals surface area (Å²) in [5.74, 6) is 1.11. The van der Waals surface area contributed by atoms with Gasteiger partial charge in [0, 0.05) is 23.5 Å². The predicted molar refractivity (Wildman–Crippen MR) is 118 cm³/mol. The maximum Gasteiger partial charge on any atom is 0.338 e. The van der Waals surface area contributed by atoms with E-state index in [1.54, 1.807) is 25.4 Å². The number of hydrogen-bond donors (Lipinski definition) is 2. The molecule has 0 fully saturated rings. The maximum absolute atomic E-state index is 12.4. The van der Waals surface area contributed by atoms with Crippen LogP contribution in [-0.4, -0.2) is 35.3 Å². The van der Waals surface area contributed by atoms with Crippen LogP contribution >= 0.6 is 0 Å². The molecule has 8 heteroatoms. The minimum atomic E-state index is -0.381. The van der Waals surface area contributed by atoms with Crippen LogP contribution in [0.4, 0.5) is 5.82 Å². The molecule has 1 aliphatic rings. The van der Waals surface area contributed by atoms with Crippen LogP contribution in [0.15, 0.2) is 48.7 Å². The third-order valence-corrected chi connectivity index (χ3v) is 5.25. The van der Waals surface area contributed by atoms with E-state index in [-0.39, 0.29) is 30.5 Å². The van der Waals surface area contributed by atoms with E-state index in [4.69, 9.17) is 14.2 Å². The van der Waals surface area contributed by atoms with Crippen LogP contribution in [0, 0.1) is 0 Å². The monoisotopic (exact) mass is 435 g/mol. The van der Waals surface area contributed by atoms with Crippen molar-refractivity contribution in [3.8, 4) is 11.5 Å². The number of carbonyl (C=O) groups excluding carboxylic acids is 2. The first-order valence-corrected chi connectivity index (χ1v) is 10.4. The van der Waals surface area contributed by atoms with Crippen LogP contribution < -0.4 is 14.8 Å². The molecular weight excluding hydrogens is 410 g/mol. The number of benzene rings is 2. The maximum atomic E-state index is 12.4. The number of aromatic nitrogens is 2. The molecule has 0 radical (unpaired) electrons. The molecule has 4 rings (SSSR count). The molecule has 1 aromatic heterocycles. The lowest BCUT2D eigenvalue weighted by molar-refractivity contribution is -0.116. The van der Waals surface area contributed by atoms with Gasteiger partial charge in [0.25, 0.3) is 0 Å². The van der Waals surface area contributed by atoms with Crippen molar-refractivity contribution in [2.45, 2.75) is 38.9 Å². The summed E-state index contributed by atoms with van der Waals surface area (Å²) in [5, 5.41) is 9.65. The third kappa shape index (κ3) is 4.44. The van der Waals surface area contributed by atoms with Crippen molar-refractivity contribution in [1.82, 2.24) is 10.2 Å². The topological polar surface area (TPSA) is 103 Å². The lowest BCUT2D eigenvalue weighted by atomic mass is 9.87. The van der Waals surface area contributed by atoms with Gasteiger partial charge >= 0.3 is 5.97 Å². The van der Waals surface area contributed by atoms with Crippen molar-refractivity contribution < 1.29 is 23.8 Å². The first-order chi connectivity index (χ1) is 15.5. The number of ether oxygens (including phenoxy) is 3. The van der Waals surface area contributed by atoms with E-state index in [0.29, 0.717) is 29.3 Å². The van der Waals surface area contributed by atoms with Gasteiger partial charge in [-0.05, 0) is 37.6 Å². The molecule has 2 N–H and O–H groups in total. The van der Waals surface area contributed by atoms with Gasteiger partial charge in [-0.3, -0.25) is 9.89 Å². The first kappa shape index (κ1) is 21.4. The summed E-state index contributed by atoms with van der Waals surface area (Å²) in [4.78, 5) is 24.5. The van der Waals surface area contributed by atoms with Gasteiger partial charge in [-0.25, -0.2) is 4.79 Å². The second-order valence-corrected chi connectivity index (χ2v) is 7.82. The number of carbonyl (C=O) groups is 2. The molecule has 0 saturated heterocycles. The number of nitrogens with zero attached hydrogens (tertiary/aromatic N) is 1. The Hall–Kier alpha value is -3.81. The van der Waals surface area contributed by atoms with Crippen molar-refractivity contribution >= 4 is 17.7 Å². The standard InChI is InChI=1S/C24H25N3O5/c1-14(2)32-24(29)17-7-5-4-6-16(17)13-31-20-9-8-15(10-21(20)30-3)18-11-22(28)26-23-19(18)12-25-27-23/h4-10,12,14,18H,11,13H2,1-3H3,(H2,25,26,27,28). The molecule has 2 aromatic carbocycles. The molecule has 0 bridgehead atoms. The lowest BCUT2D eigenvalue weighted by Crippen LogP contribution is -2.23. The number of nitrogens with one attached hydrogen (secondary N) is 2. The first-order valence-electron chi connectivity index (χ1n) is 10.4. The average molecular weight is 435 g/mol.